The maximum atomic E-state index is 10.4. The van der Waals surface area contributed by atoms with E-state index in [1.54, 1.807) is 6.92 Å². The van der Waals surface area contributed by atoms with Crippen molar-refractivity contribution in [1.82, 2.24) is 0 Å². The molecule has 0 rings (SSSR count). The van der Waals surface area contributed by atoms with Crippen molar-refractivity contribution in [3.63, 3.8) is 0 Å². The van der Waals surface area contributed by atoms with Gasteiger partial charge in [-0.25, -0.2) is 4.79 Å². The highest BCUT2D eigenvalue weighted by Gasteiger charge is 2.10. The molecule has 11 heavy (non-hydrogen) atoms. The van der Waals surface area contributed by atoms with Crippen molar-refractivity contribution in [1.29, 1.82) is 0 Å². The molecular weight excluding hydrogens is 172 g/mol. The van der Waals surface area contributed by atoms with E-state index in [-0.39, 0.29) is 6.61 Å². The Bertz CT molecular complexity index is 217. The lowest BCUT2D eigenvalue weighted by atomic mass is 10.5. The van der Waals surface area contributed by atoms with E-state index >= 15 is 0 Å². The number of carbonyl (C=O) groups excluding carboxylic acids is 1. The first-order chi connectivity index (χ1) is 4.95. The predicted molar refractivity (Wildman–Crippen MR) is 37.6 cm³/mol. The van der Waals surface area contributed by atoms with Gasteiger partial charge in [0, 0.05) is 0 Å². The molecule has 0 radical (unpaired) electrons. The molecule has 0 aliphatic rings. The summed E-state index contributed by atoms with van der Waals surface area (Å²) in [6.07, 6.45) is 0.230. The van der Waals surface area contributed by atoms with E-state index in [1.807, 2.05) is 0 Å². The minimum absolute atomic E-state index is 0.161. The molecule has 0 saturated heterocycles. The first kappa shape index (κ1) is 10.2. The van der Waals surface area contributed by atoms with Crippen LogP contribution < -0.4 is 0 Å². The highest BCUT2D eigenvalue weighted by molar-refractivity contribution is 7.86. The molecule has 0 unspecified atom stereocenters. The lowest BCUT2D eigenvalue weighted by Crippen LogP contribution is -2.13. The quantitative estimate of drug-likeness (QED) is 0.469. The molecular formula is C5H10O5S. The van der Waals surface area contributed by atoms with Crippen LogP contribution in [0.5, 0.6) is 0 Å². The third kappa shape index (κ3) is 7.11. The Morgan fingerprint density at radius 2 is 2.00 bits per heavy atom. The summed E-state index contributed by atoms with van der Waals surface area (Å²) < 4.78 is 28.7. The van der Waals surface area contributed by atoms with Crippen LogP contribution in [0, 0.1) is 0 Å². The molecule has 0 N–H and O–H groups in total. The van der Waals surface area contributed by atoms with E-state index in [0.717, 1.165) is 6.26 Å². The number of hydrogen-bond acceptors (Lipinski definition) is 5. The average Bonchev–Trinajstić information content (AvgIpc) is 1.79. The lowest BCUT2D eigenvalue weighted by Gasteiger charge is -2.00. The SMILES string of the molecule is CCCOC(=O)OS(C)(=O)=O. The van der Waals surface area contributed by atoms with E-state index in [0.29, 0.717) is 6.42 Å². The van der Waals surface area contributed by atoms with E-state index in [9.17, 15) is 13.2 Å². The van der Waals surface area contributed by atoms with Gasteiger partial charge in [0.15, 0.2) is 0 Å². The fraction of sp³-hybridized carbons (Fsp3) is 0.800. The summed E-state index contributed by atoms with van der Waals surface area (Å²) in [5.74, 6) is 0. The smallest absolute Gasteiger partial charge is 0.433 e. The molecule has 0 amide bonds. The van der Waals surface area contributed by atoms with Gasteiger partial charge in [-0.3, -0.25) is 0 Å². The fourth-order valence-corrected chi connectivity index (χ4v) is 0.628. The summed E-state index contributed by atoms with van der Waals surface area (Å²) in [4.78, 5) is 10.4. The minimum atomic E-state index is -3.73. The Morgan fingerprint density at radius 3 is 2.36 bits per heavy atom. The monoisotopic (exact) mass is 182 g/mol. The van der Waals surface area contributed by atoms with Crippen molar-refractivity contribution in [3.8, 4) is 0 Å². The Hall–Kier alpha value is -0.780. The molecule has 0 aliphatic heterocycles. The van der Waals surface area contributed by atoms with Crippen LogP contribution in [0.25, 0.3) is 0 Å². The van der Waals surface area contributed by atoms with Gasteiger partial charge in [0.05, 0.1) is 12.9 Å². The molecule has 66 valence electrons. The van der Waals surface area contributed by atoms with Crippen LogP contribution in [0.1, 0.15) is 13.3 Å². The number of ether oxygens (including phenoxy) is 1. The zero-order chi connectivity index (χ0) is 8.91. The average molecular weight is 182 g/mol. The highest BCUT2D eigenvalue weighted by Crippen LogP contribution is 1.92. The predicted octanol–water partition coefficient (Wildman–Crippen LogP) is 0.509. The summed E-state index contributed by atoms with van der Waals surface area (Å²) in [5.41, 5.74) is 0. The van der Waals surface area contributed by atoms with E-state index in [2.05, 4.69) is 8.92 Å². The normalized spacial score (nSPS) is 10.7. The van der Waals surface area contributed by atoms with E-state index in [1.165, 1.54) is 0 Å². The van der Waals surface area contributed by atoms with Gasteiger partial charge in [0.2, 0.25) is 0 Å². The summed E-state index contributed by atoms with van der Waals surface area (Å²) in [5, 5.41) is 0. The van der Waals surface area contributed by atoms with Crippen molar-refractivity contribution in [2.75, 3.05) is 12.9 Å². The molecule has 0 aromatic rings. The summed E-state index contributed by atoms with van der Waals surface area (Å²) in [6, 6.07) is 0. The number of rotatable bonds is 3. The lowest BCUT2D eigenvalue weighted by molar-refractivity contribution is 0.102. The van der Waals surface area contributed by atoms with Crippen LogP contribution in [-0.4, -0.2) is 27.4 Å². The molecule has 0 spiro atoms. The van der Waals surface area contributed by atoms with Crippen molar-refractivity contribution >= 4 is 16.3 Å². The molecule has 6 heteroatoms. The highest BCUT2D eigenvalue weighted by atomic mass is 32.2. The summed E-state index contributed by atoms with van der Waals surface area (Å²) in [6.45, 7) is 1.95. The Morgan fingerprint density at radius 1 is 1.45 bits per heavy atom. The minimum Gasteiger partial charge on any atom is -0.433 e. The molecule has 0 aromatic heterocycles. The van der Waals surface area contributed by atoms with Crippen LogP contribution in [0.3, 0.4) is 0 Å². The number of hydrogen-bond donors (Lipinski definition) is 0. The van der Waals surface area contributed by atoms with Gasteiger partial charge in [-0.15, -0.1) is 0 Å². The van der Waals surface area contributed by atoms with Crippen molar-refractivity contribution in [3.05, 3.63) is 0 Å². The molecule has 0 heterocycles. The topological polar surface area (TPSA) is 69.7 Å². The van der Waals surface area contributed by atoms with Gasteiger partial charge >= 0.3 is 16.3 Å². The second kappa shape index (κ2) is 4.17. The molecule has 0 atom stereocenters. The van der Waals surface area contributed by atoms with E-state index < -0.39 is 16.3 Å². The van der Waals surface area contributed by atoms with Crippen LogP contribution in [-0.2, 0) is 19.0 Å². The Balaban J connectivity index is 3.71. The zero-order valence-electron chi connectivity index (χ0n) is 6.36. The van der Waals surface area contributed by atoms with Gasteiger partial charge in [-0.05, 0) is 6.42 Å². The maximum Gasteiger partial charge on any atom is 0.524 e. The van der Waals surface area contributed by atoms with Gasteiger partial charge < -0.3 is 8.92 Å². The zero-order valence-corrected chi connectivity index (χ0v) is 7.18. The van der Waals surface area contributed by atoms with Crippen LogP contribution in [0.2, 0.25) is 0 Å². The Labute approximate surface area is 65.4 Å². The third-order valence-electron chi connectivity index (χ3n) is 0.643. The maximum absolute atomic E-state index is 10.4. The van der Waals surface area contributed by atoms with Crippen LogP contribution >= 0.6 is 0 Å². The van der Waals surface area contributed by atoms with Crippen LogP contribution in [0.15, 0.2) is 0 Å². The molecule has 0 aliphatic carbocycles. The first-order valence-electron chi connectivity index (χ1n) is 3.02. The van der Waals surface area contributed by atoms with E-state index in [4.69, 9.17) is 0 Å². The molecule has 0 fully saturated rings. The number of carbonyl (C=O) groups is 1. The largest absolute Gasteiger partial charge is 0.524 e. The van der Waals surface area contributed by atoms with Gasteiger partial charge in [0.1, 0.15) is 0 Å². The first-order valence-corrected chi connectivity index (χ1v) is 4.83. The summed E-state index contributed by atoms with van der Waals surface area (Å²) >= 11 is 0. The van der Waals surface area contributed by atoms with Crippen molar-refractivity contribution in [2.45, 2.75) is 13.3 Å². The summed E-state index contributed by atoms with van der Waals surface area (Å²) in [7, 11) is -3.73. The Kier molecular flexibility index (Phi) is 3.88. The van der Waals surface area contributed by atoms with Gasteiger partial charge in [-0.1, -0.05) is 6.92 Å². The fourth-order valence-electron chi connectivity index (χ4n) is 0.333. The van der Waals surface area contributed by atoms with Gasteiger partial charge in [0.25, 0.3) is 0 Å². The molecule has 5 nitrogen and oxygen atoms in total. The molecule has 0 bridgehead atoms. The van der Waals surface area contributed by atoms with Crippen molar-refractivity contribution < 1.29 is 22.1 Å². The molecule has 0 saturated carbocycles. The van der Waals surface area contributed by atoms with Gasteiger partial charge in [-0.2, -0.15) is 8.42 Å². The second-order valence-electron chi connectivity index (χ2n) is 1.89. The molecule has 0 aromatic carbocycles. The standard InChI is InChI=1S/C5H10O5S/c1-3-4-9-5(6)10-11(2,7)8/h3-4H2,1-2H3. The van der Waals surface area contributed by atoms with Crippen molar-refractivity contribution in [2.24, 2.45) is 0 Å². The van der Waals surface area contributed by atoms with Crippen LogP contribution in [0.4, 0.5) is 4.79 Å². The second-order valence-corrected chi connectivity index (χ2v) is 3.46. The third-order valence-corrected chi connectivity index (χ3v) is 1.08.